The Hall–Kier alpha value is -0.417. The third kappa shape index (κ3) is 16.0. The first-order valence-electron chi connectivity index (χ1n) is 5.64. The molecule has 1 radical (unpaired) electrons. The monoisotopic (exact) mass is 303 g/mol. The summed E-state index contributed by atoms with van der Waals surface area (Å²) >= 11 is 0. The Morgan fingerprint density at radius 2 is 1.56 bits per heavy atom. The summed E-state index contributed by atoms with van der Waals surface area (Å²) in [7, 11) is 0. The standard InChI is InChI=1S/2C5H5.C5H11.Ru/c2*1-2-4-5-3-1;1-3-5-4-2;/h2*1-3H,4H2;1,3-5H2,2H3;/q3*-1;+3. The van der Waals surface area contributed by atoms with E-state index in [2.05, 4.69) is 38.2 Å². The molecule has 89 valence electrons. The molecule has 1 heteroatoms. The molecule has 2 rings (SSSR count). The van der Waals surface area contributed by atoms with E-state index in [1.165, 1.54) is 12.8 Å². The Bertz CT molecular complexity index is 178. The topological polar surface area (TPSA) is 0 Å². The Kier molecular flexibility index (Phi) is 19.1. The van der Waals surface area contributed by atoms with Crippen LogP contribution in [0.5, 0.6) is 0 Å². The normalized spacial score (nSPS) is 13.6. The molecular formula is C15H21Ru. The van der Waals surface area contributed by atoms with Crippen molar-refractivity contribution in [3.8, 4) is 0 Å². The van der Waals surface area contributed by atoms with Crippen LogP contribution in [0.4, 0.5) is 0 Å². The van der Waals surface area contributed by atoms with Gasteiger partial charge in [-0.05, 0) is 0 Å². The maximum Gasteiger partial charge on any atom is 3.00 e. The third-order valence-corrected chi connectivity index (χ3v) is 1.78. The zero-order chi connectivity index (χ0) is 11.2. The molecule has 2 aliphatic rings. The summed E-state index contributed by atoms with van der Waals surface area (Å²) in [6, 6.07) is 0. The van der Waals surface area contributed by atoms with Crippen LogP contribution in [0.15, 0.2) is 36.5 Å². The zero-order valence-electron chi connectivity index (χ0n) is 10.1. The van der Waals surface area contributed by atoms with Gasteiger partial charge in [0.2, 0.25) is 0 Å². The van der Waals surface area contributed by atoms with Crippen molar-refractivity contribution in [2.24, 2.45) is 0 Å². The van der Waals surface area contributed by atoms with Crippen LogP contribution in [0, 0.1) is 19.1 Å². The first-order valence-corrected chi connectivity index (χ1v) is 5.64. The molecule has 0 atom stereocenters. The van der Waals surface area contributed by atoms with Gasteiger partial charge in [-0.2, -0.15) is 18.6 Å². The molecule has 0 saturated heterocycles. The van der Waals surface area contributed by atoms with Crippen LogP contribution in [0.1, 0.15) is 39.0 Å². The van der Waals surface area contributed by atoms with E-state index in [-0.39, 0.29) is 19.5 Å². The van der Waals surface area contributed by atoms with Crippen molar-refractivity contribution in [2.45, 2.75) is 39.0 Å². The summed E-state index contributed by atoms with van der Waals surface area (Å²) in [6.45, 7) is 5.85. The van der Waals surface area contributed by atoms with Gasteiger partial charge < -0.3 is 6.92 Å². The number of rotatable bonds is 2. The number of unbranched alkanes of at least 4 members (excludes halogenated alkanes) is 2. The Balaban J connectivity index is 0. The minimum atomic E-state index is 0. The fourth-order valence-electron chi connectivity index (χ4n) is 0.930. The molecule has 0 nitrogen and oxygen atoms in total. The minimum absolute atomic E-state index is 0. The molecule has 0 amide bonds. The molecular weight excluding hydrogens is 281 g/mol. The van der Waals surface area contributed by atoms with Crippen LogP contribution in [0.3, 0.4) is 0 Å². The van der Waals surface area contributed by atoms with Gasteiger partial charge in [-0.1, -0.05) is 19.8 Å². The van der Waals surface area contributed by atoms with E-state index in [1.807, 2.05) is 24.3 Å². The molecule has 0 aliphatic heterocycles. The van der Waals surface area contributed by atoms with Crippen molar-refractivity contribution < 1.29 is 19.5 Å². The molecule has 16 heavy (non-hydrogen) atoms. The van der Waals surface area contributed by atoms with Gasteiger partial charge in [-0.3, -0.25) is 12.2 Å². The van der Waals surface area contributed by atoms with E-state index in [1.54, 1.807) is 0 Å². The van der Waals surface area contributed by atoms with Gasteiger partial charge in [0.1, 0.15) is 0 Å². The fourth-order valence-corrected chi connectivity index (χ4v) is 0.930. The molecule has 2 aliphatic carbocycles. The van der Waals surface area contributed by atoms with Gasteiger partial charge in [0.15, 0.2) is 0 Å². The van der Waals surface area contributed by atoms with E-state index in [0.717, 1.165) is 19.3 Å². The Morgan fingerprint density at radius 1 is 1.06 bits per heavy atom. The Morgan fingerprint density at radius 3 is 1.62 bits per heavy atom. The quantitative estimate of drug-likeness (QED) is 0.516. The van der Waals surface area contributed by atoms with E-state index in [0.29, 0.717) is 0 Å². The maximum atomic E-state index is 3.68. The van der Waals surface area contributed by atoms with E-state index in [9.17, 15) is 0 Å². The van der Waals surface area contributed by atoms with Crippen molar-refractivity contribution in [1.82, 2.24) is 0 Å². The average molecular weight is 302 g/mol. The van der Waals surface area contributed by atoms with E-state index in [4.69, 9.17) is 0 Å². The van der Waals surface area contributed by atoms with Gasteiger partial charge >= 0.3 is 19.5 Å². The van der Waals surface area contributed by atoms with Crippen molar-refractivity contribution in [2.75, 3.05) is 0 Å². The largest absolute Gasteiger partial charge is 3.00 e. The van der Waals surface area contributed by atoms with Gasteiger partial charge in [-0.15, -0.1) is 12.8 Å². The molecule has 0 heterocycles. The van der Waals surface area contributed by atoms with Crippen LogP contribution < -0.4 is 0 Å². The SMILES string of the molecule is [C-]1=CC=CC1.[C-]1=CC=CC1.[CH2-]CCCC.[Ru+3]. The molecule has 0 bridgehead atoms. The molecule has 0 fully saturated rings. The molecule has 0 aromatic rings. The zero-order valence-corrected chi connectivity index (χ0v) is 11.8. The van der Waals surface area contributed by atoms with Crippen molar-refractivity contribution in [1.29, 1.82) is 0 Å². The summed E-state index contributed by atoms with van der Waals surface area (Å²) in [5.74, 6) is 0. The average Bonchev–Trinajstić information content (AvgIpc) is 2.99. The second-order valence-corrected chi connectivity index (χ2v) is 3.21. The van der Waals surface area contributed by atoms with Gasteiger partial charge in [0, 0.05) is 0 Å². The maximum absolute atomic E-state index is 3.68. The van der Waals surface area contributed by atoms with Gasteiger partial charge in [-0.25, -0.2) is 24.3 Å². The summed E-state index contributed by atoms with van der Waals surface area (Å²) in [5.41, 5.74) is 0. The van der Waals surface area contributed by atoms with Crippen LogP contribution in [0.2, 0.25) is 0 Å². The molecule has 0 saturated carbocycles. The van der Waals surface area contributed by atoms with E-state index >= 15 is 0 Å². The smallest absolute Gasteiger partial charge is 0.343 e. The van der Waals surface area contributed by atoms with Crippen molar-refractivity contribution in [3.63, 3.8) is 0 Å². The molecule has 0 unspecified atom stereocenters. The molecule has 0 N–H and O–H groups in total. The van der Waals surface area contributed by atoms with E-state index < -0.39 is 0 Å². The molecule has 0 spiro atoms. The summed E-state index contributed by atoms with van der Waals surface area (Å²) in [4.78, 5) is 0. The number of allylic oxidation sites excluding steroid dienone is 8. The van der Waals surface area contributed by atoms with Crippen LogP contribution in [-0.4, -0.2) is 0 Å². The summed E-state index contributed by atoms with van der Waals surface area (Å²) in [6.07, 6.45) is 23.7. The third-order valence-electron chi connectivity index (χ3n) is 1.78. The predicted octanol–water partition coefficient (Wildman–Crippen LogP) is 4.62. The predicted molar refractivity (Wildman–Crippen MR) is 68.0 cm³/mol. The second kappa shape index (κ2) is 17.0. The van der Waals surface area contributed by atoms with Crippen LogP contribution in [-0.2, 0) is 19.5 Å². The summed E-state index contributed by atoms with van der Waals surface area (Å²) in [5, 5.41) is 0. The van der Waals surface area contributed by atoms with Crippen molar-refractivity contribution >= 4 is 0 Å². The molecule has 0 aromatic carbocycles. The minimum Gasteiger partial charge on any atom is -0.343 e. The van der Waals surface area contributed by atoms with Crippen LogP contribution in [0.25, 0.3) is 0 Å². The first-order chi connectivity index (χ1) is 7.41. The fraction of sp³-hybridized carbons (Fsp3) is 0.400. The molecule has 0 aromatic heterocycles. The van der Waals surface area contributed by atoms with Gasteiger partial charge in [0.05, 0.1) is 0 Å². The second-order valence-electron chi connectivity index (χ2n) is 3.21. The van der Waals surface area contributed by atoms with Crippen molar-refractivity contribution in [3.05, 3.63) is 55.5 Å². The Labute approximate surface area is 114 Å². The van der Waals surface area contributed by atoms with Gasteiger partial charge in [0.25, 0.3) is 0 Å². The number of hydrogen-bond donors (Lipinski definition) is 0. The summed E-state index contributed by atoms with van der Waals surface area (Å²) < 4.78 is 0. The van der Waals surface area contributed by atoms with Crippen LogP contribution >= 0.6 is 0 Å². The first kappa shape index (κ1) is 18.0. The number of hydrogen-bond acceptors (Lipinski definition) is 0.